The highest BCUT2D eigenvalue weighted by molar-refractivity contribution is 7.89. The quantitative estimate of drug-likeness (QED) is 0.468. The molecule has 0 bridgehead atoms. The Morgan fingerprint density at radius 2 is 1.88 bits per heavy atom. The zero-order valence-corrected chi connectivity index (χ0v) is 19.7. The molecule has 1 aromatic carbocycles. The van der Waals surface area contributed by atoms with Crippen molar-refractivity contribution in [2.75, 3.05) is 18.9 Å². The summed E-state index contributed by atoms with van der Waals surface area (Å²) in [5.41, 5.74) is 2.46. The molecule has 0 unspecified atom stereocenters. The Bertz CT molecular complexity index is 1150. The second-order valence-corrected chi connectivity index (χ2v) is 10.4. The Morgan fingerprint density at radius 3 is 2.56 bits per heavy atom. The molecule has 9 heteroatoms. The summed E-state index contributed by atoms with van der Waals surface area (Å²) in [6.45, 7) is 3.84. The van der Waals surface area contributed by atoms with Gasteiger partial charge in [0.05, 0.1) is 10.3 Å². The minimum atomic E-state index is -3.48. The first kappa shape index (κ1) is 22.7. The predicted molar refractivity (Wildman–Crippen MR) is 127 cm³/mol. The fraction of sp³-hybridized carbons (Fsp3) is 0.522. The molecule has 1 saturated carbocycles. The van der Waals surface area contributed by atoms with Crippen LogP contribution in [0.2, 0.25) is 0 Å². The highest BCUT2D eigenvalue weighted by atomic mass is 32.2. The van der Waals surface area contributed by atoms with Crippen molar-refractivity contribution in [1.82, 2.24) is 24.5 Å². The van der Waals surface area contributed by atoms with Gasteiger partial charge in [-0.2, -0.15) is 10.1 Å². The van der Waals surface area contributed by atoms with Crippen molar-refractivity contribution in [3.63, 3.8) is 0 Å². The Balaban J connectivity index is 1.71. The molecule has 4 rings (SSSR count). The van der Waals surface area contributed by atoms with E-state index in [2.05, 4.69) is 21.9 Å². The molecule has 1 aliphatic rings. The molecule has 0 saturated heterocycles. The van der Waals surface area contributed by atoms with Crippen molar-refractivity contribution in [2.24, 2.45) is 5.92 Å². The molecule has 32 heavy (non-hydrogen) atoms. The molecular formula is C23H32N6O2S. The lowest BCUT2D eigenvalue weighted by Gasteiger charge is -2.21. The van der Waals surface area contributed by atoms with E-state index in [0.29, 0.717) is 11.9 Å². The third-order valence-corrected chi connectivity index (χ3v) is 7.60. The van der Waals surface area contributed by atoms with Gasteiger partial charge >= 0.3 is 0 Å². The Kier molecular flexibility index (Phi) is 7.05. The van der Waals surface area contributed by atoms with E-state index in [0.717, 1.165) is 48.2 Å². The number of rotatable bonds is 9. The average molecular weight is 457 g/mol. The van der Waals surface area contributed by atoms with Crippen LogP contribution in [0.5, 0.6) is 0 Å². The molecule has 0 radical (unpaired) electrons. The number of unbranched alkanes of at least 4 members (excludes halogenated alkanes) is 1. The lowest BCUT2D eigenvalue weighted by Crippen LogP contribution is -2.18. The predicted octanol–water partition coefficient (Wildman–Crippen LogP) is 4.19. The third-order valence-electron chi connectivity index (χ3n) is 6.17. The number of anilines is 1. The van der Waals surface area contributed by atoms with Crippen LogP contribution in [-0.4, -0.2) is 41.8 Å². The second kappa shape index (κ2) is 9.95. The minimum Gasteiger partial charge on any atom is -0.354 e. The zero-order valence-electron chi connectivity index (χ0n) is 18.8. The number of sulfonamides is 1. The summed E-state index contributed by atoms with van der Waals surface area (Å²) in [6, 6.07) is 6.80. The number of hydrogen-bond donors (Lipinski definition) is 2. The van der Waals surface area contributed by atoms with Gasteiger partial charge < -0.3 is 5.32 Å². The first-order valence-corrected chi connectivity index (χ1v) is 13.0. The summed E-state index contributed by atoms with van der Waals surface area (Å²) < 4.78 is 28.5. The van der Waals surface area contributed by atoms with Crippen LogP contribution in [0.4, 0.5) is 5.95 Å². The van der Waals surface area contributed by atoms with E-state index in [1.165, 1.54) is 39.2 Å². The van der Waals surface area contributed by atoms with Crippen LogP contribution >= 0.6 is 0 Å². The van der Waals surface area contributed by atoms with Crippen LogP contribution in [0, 0.1) is 5.92 Å². The molecule has 172 valence electrons. The SMILES string of the molecule is CCCCNc1ncc2c(-c3ccc(S(=O)(=O)NC)cc3)nn(CC3CCCCC3)c2n1. The summed E-state index contributed by atoms with van der Waals surface area (Å²) in [4.78, 5) is 9.54. The summed E-state index contributed by atoms with van der Waals surface area (Å²) in [7, 11) is -2.07. The van der Waals surface area contributed by atoms with Crippen molar-refractivity contribution >= 4 is 27.0 Å². The monoisotopic (exact) mass is 456 g/mol. The maximum Gasteiger partial charge on any atom is 0.240 e. The smallest absolute Gasteiger partial charge is 0.240 e. The molecule has 2 heterocycles. The van der Waals surface area contributed by atoms with Gasteiger partial charge in [-0.05, 0) is 44.4 Å². The Labute approximate surface area is 189 Å². The maximum atomic E-state index is 12.1. The van der Waals surface area contributed by atoms with Gasteiger partial charge in [0.2, 0.25) is 16.0 Å². The third kappa shape index (κ3) is 4.94. The number of benzene rings is 1. The fourth-order valence-corrected chi connectivity index (χ4v) is 5.02. The van der Waals surface area contributed by atoms with E-state index in [4.69, 9.17) is 10.1 Å². The standard InChI is InChI=1S/C23H32N6O2S/c1-3-4-14-25-23-26-15-20-21(18-10-12-19(13-11-18)32(30,31)24-2)28-29(22(20)27-23)16-17-8-6-5-7-9-17/h10-13,15,17,24H,3-9,14,16H2,1-2H3,(H,25,26,27). The van der Waals surface area contributed by atoms with Crippen molar-refractivity contribution in [3.05, 3.63) is 30.5 Å². The number of fused-ring (bicyclic) bond motifs is 1. The Morgan fingerprint density at radius 1 is 1.12 bits per heavy atom. The Hall–Kier alpha value is -2.52. The largest absolute Gasteiger partial charge is 0.354 e. The number of nitrogens with zero attached hydrogens (tertiary/aromatic N) is 4. The molecule has 2 aromatic heterocycles. The first-order chi connectivity index (χ1) is 15.5. The van der Waals surface area contributed by atoms with Crippen molar-refractivity contribution in [3.8, 4) is 11.3 Å². The van der Waals surface area contributed by atoms with Crippen LogP contribution < -0.4 is 10.0 Å². The van der Waals surface area contributed by atoms with Gasteiger partial charge in [-0.1, -0.05) is 44.7 Å². The van der Waals surface area contributed by atoms with E-state index in [-0.39, 0.29) is 4.90 Å². The number of aromatic nitrogens is 4. The topological polar surface area (TPSA) is 102 Å². The molecule has 1 fully saturated rings. The van der Waals surface area contributed by atoms with E-state index >= 15 is 0 Å². The minimum absolute atomic E-state index is 0.230. The summed E-state index contributed by atoms with van der Waals surface area (Å²) >= 11 is 0. The van der Waals surface area contributed by atoms with Gasteiger partial charge in [0.1, 0.15) is 5.69 Å². The van der Waals surface area contributed by atoms with Crippen molar-refractivity contribution in [2.45, 2.75) is 63.3 Å². The molecule has 0 atom stereocenters. The summed E-state index contributed by atoms with van der Waals surface area (Å²) in [6.07, 6.45) is 10.3. The van der Waals surface area contributed by atoms with Gasteiger partial charge in [0.15, 0.2) is 5.65 Å². The average Bonchev–Trinajstić information content (AvgIpc) is 3.17. The van der Waals surface area contributed by atoms with Crippen LogP contribution in [0.25, 0.3) is 22.3 Å². The normalized spacial score (nSPS) is 15.3. The van der Waals surface area contributed by atoms with Crippen LogP contribution in [0.15, 0.2) is 35.4 Å². The zero-order chi connectivity index (χ0) is 22.6. The molecule has 8 nitrogen and oxygen atoms in total. The van der Waals surface area contributed by atoms with E-state index in [1.807, 2.05) is 10.9 Å². The van der Waals surface area contributed by atoms with Crippen molar-refractivity contribution < 1.29 is 8.42 Å². The first-order valence-electron chi connectivity index (χ1n) is 11.5. The van der Waals surface area contributed by atoms with Gasteiger partial charge in [0, 0.05) is 24.8 Å². The number of nitrogens with one attached hydrogen (secondary N) is 2. The lowest BCUT2D eigenvalue weighted by molar-refractivity contribution is 0.311. The van der Waals surface area contributed by atoms with Gasteiger partial charge in [-0.3, -0.25) is 0 Å². The lowest BCUT2D eigenvalue weighted by atomic mass is 9.89. The number of hydrogen-bond acceptors (Lipinski definition) is 6. The van der Waals surface area contributed by atoms with Crippen molar-refractivity contribution in [1.29, 1.82) is 0 Å². The van der Waals surface area contributed by atoms with E-state index < -0.39 is 10.0 Å². The fourth-order valence-electron chi connectivity index (χ4n) is 4.29. The molecule has 0 spiro atoms. The van der Waals surface area contributed by atoms with Gasteiger partial charge in [-0.15, -0.1) is 0 Å². The second-order valence-electron chi connectivity index (χ2n) is 8.48. The van der Waals surface area contributed by atoms with Crippen LogP contribution in [-0.2, 0) is 16.6 Å². The molecule has 0 aliphatic heterocycles. The molecule has 0 amide bonds. The highest BCUT2D eigenvalue weighted by Gasteiger charge is 2.20. The van der Waals surface area contributed by atoms with E-state index in [9.17, 15) is 8.42 Å². The molecular weight excluding hydrogens is 424 g/mol. The summed E-state index contributed by atoms with van der Waals surface area (Å²) in [5, 5.41) is 9.12. The van der Waals surface area contributed by atoms with Gasteiger partial charge in [0.25, 0.3) is 0 Å². The molecule has 3 aromatic rings. The molecule has 2 N–H and O–H groups in total. The van der Waals surface area contributed by atoms with Gasteiger partial charge in [-0.25, -0.2) is 22.8 Å². The highest BCUT2D eigenvalue weighted by Crippen LogP contribution is 2.31. The molecule has 1 aliphatic carbocycles. The van der Waals surface area contributed by atoms with E-state index in [1.54, 1.807) is 24.3 Å². The maximum absolute atomic E-state index is 12.1. The summed E-state index contributed by atoms with van der Waals surface area (Å²) in [5.74, 6) is 1.23. The van der Waals surface area contributed by atoms with Crippen LogP contribution in [0.1, 0.15) is 51.9 Å². The van der Waals surface area contributed by atoms with Crippen LogP contribution in [0.3, 0.4) is 0 Å².